The van der Waals surface area contributed by atoms with E-state index in [4.69, 9.17) is 24.4 Å². The van der Waals surface area contributed by atoms with Crippen molar-refractivity contribution in [2.24, 2.45) is 0 Å². The van der Waals surface area contributed by atoms with Crippen molar-refractivity contribution in [1.82, 2.24) is 24.9 Å². The lowest BCUT2D eigenvalue weighted by Gasteiger charge is -2.10. The van der Waals surface area contributed by atoms with Gasteiger partial charge in [-0.3, -0.25) is 0 Å². The molecule has 0 spiro atoms. The number of furan rings is 1. The van der Waals surface area contributed by atoms with Crippen LogP contribution in [-0.4, -0.2) is 24.9 Å². The summed E-state index contributed by atoms with van der Waals surface area (Å²) in [7, 11) is 0. The third-order valence-corrected chi connectivity index (χ3v) is 9.07. The number of aromatic nitrogens is 5. The van der Waals surface area contributed by atoms with Crippen LogP contribution in [0.5, 0.6) is 0 Å². The summed E-state index contributed by atoms with van der Waals surface area (Å²) >= 11 is 0. The van der Waals surface area contributed by atoms with E-state index in [9.17, 15) is 0 Å². The molecule has 10 aromatic rings. The molecule has 3 heterocycles. The van der Waals surface area contributed by atoms with Gasteiger partial charge < -0.3 is 9.40 Å². The van der Waals surface area contributed by atoms with Crippen molar-refractivity contribution in [3.63, 3.8) is 0 Å². The fourth-order valence-corrected chi connectivity index (χ4v) is 6.76. The van der Waals surface area contributed by atoms with Crippen LogP contribution in [-0.2, 0) is 0 Å². The van der Waals surface area contributed by atoms with E-state index in [1.165, 1.54) is 0 Å². The summed E-state index contributed by atoms with van der Waals surface area (Å²) in [4.78, 5) is 23.7. The van der Waals surface area contributed by atoms with Gasteiger partial charge in [0.05, 0.1) is 16.6 Å². The highest BCUT2D eigenvalue weighted by Crippen LogP contribution is 2.37. The summed E-state index contributed by atoms with van der Waals surface area (Å²) in [5.41, 5.74) is 7.20. The maximum absolute atomic E-state index is 6.40. The Kier molecular flexibility index (Phi) is 5.77. The number of benzene rings is 7. The van der Waals surface area contributed by atoms with Gasteiger partial charge in [0, 0.05) is 32.8 Å². The molecule has 0 unspecified atom stereocenters. The zero-order chi connectivity index (χ0) is 31.6. The highest BCUT2D eigenvalue weighted by atomic mass is 16.3. The molecule has 0 aliphatic heterocycles. The minimum atomic E-state index is 0.560. The first-order chi connectivity index (χ1) is 23.8. The second kappa shape index (κ2) is 10.4. The van der Waals surface area contributed by atoms with Gasteiger partial charge >= 0.3 is 0 Å². The Balaban J connectivity index is 1.21. The van der Waals surface area contributed by atoms with Crippen molar-refractivity contribution >= 4 is 54.5 Å². The number of rotatable bonds is 4. The number of imidazole rings is 1. The Morgan fingerprint density at radius 2 is 1.12 bits per heavy atom. The number of hydrogen-bond donors (Lipinski definition) is 1. The summed E-state index contributed by atoms with van der Waals surface area (Å²) in [6, 6.07) is 49.5. The summed E-state index contributed by atoms with van der Waals surface area (Å²) in [6.45, 7) is 0. The molecule has 0 fully saturated rings. The average molecular weight is 616 g/mol. The molecule has 0 radical (unpaired) electrons. The Morgan fingerprint density at radius 1 is 0.458 bits per heavy atom. The van der Waals surface area contributed by atoms with Gasteiger partial charge in [0.25, 0.3) is 0 Å². The third kappa shape index (κ3) is 4.20. The van der Waals surface area contributed by atoms with E-state index in [1.54, 1.807) is 0 Å². The Bertz CT molecular complexity index is 2840. The van der Waals surface area contributed by atoms with E-state index in [-0.39, 0.29) is 0 Å². The summed E-state index contributed by atoms with van der Waals surface area (Å²) in [5, 5.41) is 6.57. The molecule has 224 valence electrons. The quantitative estimate of drug-likeness (QED) is 0.199. The smallest absolute Gasteiger partial charge is 0.167 e. The molecule has 6 heteroatoms. The summed E-state index contributed by atoms with van der Waals surface area (Å²) < 4.78 is 6.40. The molecular formula is C42H25N5O. The molecule has 6 nitrogen and oxygen atoms in total. The Hall–Kier alpha value is -6.66. The maximum atomic E-state index is 6.40. The molecule has 0 saturated carbocycles. The fourth-order valence-electron chi connectivity index (χ4n) is 6.76. The van der Waals surface area contributed by atoms with Crippen molar-refractivity contribution < 1.29 is 4.42 Å². The van der Waals surface area contributed by atoms with E-state index >= 15 is 0 Å². The molecule has 48 heavy (non-hydrogen) atoms. The van der Waals surface area contributed by atoms with E-state index < -0.39 is 0 Å². The Morgan fingerprint density at radius 3 is 1.98 bits per heavy atom. The number of hydrogen-bond acceptors (Lipinski definition) is 5. The molecule has 0 bridgehead atoms. The zero-order valence-corrected chi connectivity index (χ0v) is 25.6. The largest absolute Gasteiger partial charge is 0.455 e. The van der Waals surface area contributed by atoms with Crippen LogP contribution >= 0.6 is 0 Å². The van der Waals surface area contributed by atoms with E-state index in [0.29, 0.717) is 17.5 Å². The summed E-state index contributed by atoms with van der Waals surface area (Å²) in [5.74, 6) is 2.60. The first kappa shape index (κ1) is 26.5. The van der Waals surface area contributed by atoms with Crippen LogP contribution in [0.2, 0.25) is 0 Å². The third-order valence-electron chi connectivity index (χ3n) is 9.07. The van der Waals surface area contributed by atoms with Crippen LogP contribution in [0.1, 0.15) is 0 Å². The molecule has 0 aliphatic rings. The number of fused-ring (bicyclic) bond motifs is 8. The molecule has 0 amide bonds. The van der Waals surface area contributed by atoms with Gasteiger partial charge in [-0.2, -0.15) is 0 Å². The number of aromatic amines is 1. The van der Waals surface area contributed by atoms with Crippen LogP contribution in [0.25, 0.3) is 100 Å². The maximum Gasteiger partial charge on any atom is 0.167 e. The topological polar surface area (TPSA) is 80.5 Å². The van der Waals surface area contributed by atoms with Gasteiger partial charge in [-0.25, -0.2) is 19.9 Å². The zero-order valence-electron chi connectivity index (χ0n) is 25.6. The Labute approximate surface area is 274 Å². The second-order valence-corrected chi connectivity index (χ2v) is 12.0. The molecule has 0 atom stereocenters. The lowest BCUT2D eigenvalue weighted by molar-refractivity contribution is 0.669. The normalized spacial score (nSPS) is 11.8. The van der Waals surface area contributed by atoms with E-state index in [2.05, 4.69) is 71.7 Å². The minimum absolute atomic E-state index is 0.560. The van der Waals surface area contributed by atoms with Crippen LogP contribution in [0.4, 0.5) is 0 Å². The molecule has 3 aromatic heterocycles. The molecule has 1 N–H and O–H groups in total. The van der Waals surface area contributed by atoms with Crippen molar-refractivity contribution in [1.29, 1.82) is 0 Å². The monoisotopic (exact) mass is 615 g/mol. The van der Waals surface area contributed by atoms with Crippen LogP contribution < -0.4 is 0 Å². The number of para-hydroxylation sites is 2. The highest BCUT2D eigenvalue weighted by Gasteiger charge is 2.18. The standard InChI is InChI=1S/C42H25N5O/c1-3-10-27(11-4-1)39-43-34-23-22-26-20-18-25-19-21-29(24-33(25)36(26)37(34)44-39)41-45-40(28-12-5-2-6-13-28)46-42(47-41)32-16-9-15-31-30-14-7-8-17-35(30)48-38(31)32/h1-24H,(H,43,44). The van der Waals surface area contributed by atoms with E-state index in [0.717, 1.165) is 82.6 Å². The molecule has 0 saturated heterocycles. The van der Waals surface area contributed by atoms with Gasteiger partial charge in [-0.1, -0.05) is 121 Å². The number of nitrogens with one attached hydrogen (secondary N) is 1. The highest BCUT2D eigenvalue weighted by molar-refractivity contribution is 6.19. The number of nitrogens with zero attached hydrogens (tertiary/aromatic N) is 4. The molecule has 7 aromatic carbocycles. The lowest BCUT2D eigenvalue weighted by Crippen LogP contribution is -2.00. The van der Waals surface area contributed by atoms with Gasteiger partial charge in [0.1, 0.15) is 17.0 Å². The first-order valence-electron chi connectivity index (χ1n) is 15.9. The van der Waals surface area contributed by atoms with Crippen molar-refractivity contribution in [2.75, 3.05) is 0 Å². The predicted octanol–water partition coefficient (Wildman–Crippen LogP) is 10.6. The lowest BCUT2D eigenvalue weighted by atomic mass is 9.98. The first-order valence-corrected chi connectivity index (χ1v) is 15.9. The van der Waals surface area contributed by atoms with Gasteiger partial charge in [-0.15, -0.1) is 0 Å². The molecule has 0 aliphatic carbocycles. The van der Waals surface area contributed by atoms with Gasteiger partial charge in [0.2, 0.25) is 0 Å². The van der Waals surface area contributed by atoms with Crippen molar-refractivity contribution in [3.8, 4) is 45.6 Å². The van der Waals surface area contributed by atoms with Gasteiger partial charge in [0.15, 0.2) is 17.5 Å². The molecule has 10 rings (SSSR count). The fraction of sp³-hybridized carbons (Fsp3) is 0. The predicted molar refractivity (Wildman–Crippen MR) is 194 cm³/mol. The van der Waals surface area contributed by atoms with Crippen molar-refractivity contribution in [2.45, 2.75) is 0 Å². The van der Waals surface area contributed by atoms with Crippen LogP contribution in [0, 0.1) is 0 Å². The minimum Gasteiger partial charge on any atom is -0.455 e. The van der Waals surface area contributed by atoms with Crippen LogP contribution in [0.15, 0.2) is 150 Å². The average Bonchev–Trinajstić information content (AvgIpc) is 3.77. The van der Waals surface area contributed by atoms with Crippen molar-refractivity contribution in [3.05, 3.63) is 146 Å². The number of H-pyrrole nitrogens is 1. The van der Waals surface area contributed by atoms with Gasteiger partial charge in [-0.05, 0) is 40.4 Å². The van der Waals surface area contributed by atoms with E-state index in [1.807, 2.05) is 78.9 Å². The van der Waals surface area contributed by atoms with Crippen LogP contribution in [0.3, 0.4) is 0 Å². The molecular weight excluding hydrogens is 590 g/mol. The SMILES string of the molecule is c1ccc(-c2nc(-c3ccc4ccc5ccc6nc(-c7ccccc7)[nH]c6c5c4c3)nc(-c3cccc4c3oc3ccccc34)n2)cc1. The second-order valence-electron chi connectivity index (χ2n) is 12.0. The summed E-state index contributed by atoms with van der Waals surface area (Å²) in [6.07, 6.45) is 0.